The second kappa shape index (κ2) is 12.1. The number of hydrogen-bond donors (Lipinski definition) is 0. The van der Waals surface area contributed by atoms with Gasteiger partial charge in [0, 0.05) is 40.9 Å². The molecule has 0 fully saturated rings. The Morgan fingerprint density at radius 2 is 1.56 bits per heavy atom. The van der Waals surface area contributed by atoms with E-state index in [0.29, 0.717) is 0 Å². The average Bonchev–Trinajstić information content (AvgIpc) is 3.68. The molecular weight excluding hydrogens is 552 g/mol. The summed E-state index contributed by atoms with van der Waals surface area (Å²) in [5.74, 6) is 2.42. The van der Waals surface area contributed by atoms with E-state index in [4.69, 9.17) is 14.8 Å². The molecule has 3 heterocycles. The fourth-order valence-corrected chi connectivity index (χ4v) is 6.62. The molecule has 0 saturated carbocycles. The van der Waals surface area contributed by atoms with Gasteiger partial charge in [-0.05, 0) is 96.5 Å². The summed E-state index contributed by atoms with van der Waals surface area (Å²) < 4.78 is 10.7. The van der Waals surface area contributed by atoms with Crippen LogP contribution in [0.1, 0.15) is 49.4 Å². The molecule has 0 aliphatic heterocycles. The number of rotatable bonds is 9. The highest BCUT2D eigenvalue weighted by molar-refractivity contribution is 6.09. The maximum absolute atomic E-state index is 6.49. The van der Waals surface area contributed by atoms with Gasteiger partial charge in [-0.3, -0.25) is 4.57 Å². The first-order chi connectivity index (χ1) is 22.1. The lowest BCUT2D eigenvalue weighted by Gasteiger charge is -2.16. The lowest BCUT2D eigenvalue weighted by atomic mass is 9.88. The van der Waals surface area contributed by atoms with Crippen molar-refractivity contribution in [2.24, 2.45) is 0 Å². The van der Waals surface area contributed by atoms with Crippen LogP contribution in [0.3, 0.4) is 0 Å². The minimum Gasteiger partial charge on any atom is -0.457 e. The standard InChI is InChI=1S/C40H38N4O/c1-5-11-29-17-16-28(6-2)40(34(29)7-3)30-25-42-43(26-30)31-12-10-13-32(23-31)45-33-18-19-36-35-14-8-9-15-37(35)44(38(36)24-33)39-22-27(4)20-21-41-39/h8-10,12-26H,5-7,11H2,1-4H3. The second-order valence-electron chi connectivity index (χ2n) is 11.7. The van der Waals surface area contributed by atoms with E-state index in [2.05, 4.69) is 99.1 Å². The molecule has 0 unspecified atom stereocenters. The van der Waals surface area contributed by atoms with Crippen molar-refractivity contribution >= 4 is 21.8 Å². The van der Waals surface area contributed by atoms with E-state index < -0.39 is 0 Å². The zero-order valence-corrected chi connectivity index (χ0v) is 26.4. The van der Waals surface area contributed by atoms with Crippen molar-refractivity contribution in [2.45, 2.75) is 53.4 Å². The Kier molecular flexibility index (Phi) is 7.68. The van der Waals surface area contributed by atoms with Crippen LogP contribution >= 0.6 is 0 Å². The largest absolute Gasteiger partial charge is 0.457 e. The minimum absolute atomic E-state index is 0.758. The van der Waals surface area contributed by atoms with Crippen molar-refractivity contribution in [3.05, 3.63) is 132 Å². The molecule has 0 saturated heterocycles. The van der Waals surface area contributed by atoms with Crippen molar-refractivity contribution < 1.29 is 4.74 Å². The monoisotopic (exact) mass is 590 g/mol. The van der Waals surface area contributed by atoms with E-state index >= 15 is 0 Å². The molecule has 0 amide bonds. The topological polar surface area (TPSA) is 44.9 Å². The summed E-state index contributed by atoms with van der Waals surface area (Å²) >= 11 is 0. The Bertz CT molecular complexity index is 2150. The van der Waals surface area contributed by atoms with Gasteiger partial charge in [-0.15, -0.1) is 0 Å². The van der Waals surface area contributed by atoms with Gasteiger partial charge in [0.05, 0.1) is 22.9 Å². The minimum atomic E-state index is 0.758. The Labute approximate surface area is 264 Å². The summed E-state index contributed by atoms with van der Waals surface area (Å²) in [6.45, 7) is 8.84. The third-order valence-corrected chi connectivity index (χ3v) is 8.71. The van der Waals surface area contributed by atoms with Crippen LogP contribution in [0.2, 0.25) is 0 Å². The Morgan fingerprint density at radius 3 is 2.38 bits per heavy atom. The summed E-state index contributed by atoms with van der Waals surface area (Å²) in [6, 6.07) is 31.7. The van der Waals surface area contributed by atoms with Crippen molar-refractivity contribution in [2.75, 3.05) is 0 Å². The van der Waals surface area contributed by atoms with E-state index in [-0.39, 0.29) is 0 Å². The van der Waals surface area contributed by atoms with Crippen LogP contribution in [0.15, 0.2) is 110 Å². The second-order valence-corrected chi connectivity index (χ2v) is 11.7. The molecule has 45 heavy (non-hydrogen) atoms. The summed E-state index contributed by atoms with van der Waals surface area (Å²) in [4.78, 5) is 4.71. The van der Waals surface area contributed by atoms with Crippen LogP contribution in [0.25, 0.3) is 44.4 Å². The maximum Gasteiger partial charge on any atom is 0.137 e. The van der Waals surface area contributed by atoms with E-state index in [9.17, 15) is 0 Å². The zero-order chi connectivity index (χ0) is 30.9. The molecule has 5 heteroatoms. The molecule has 0 atom stereocenters. The molecule has 0 bridgehead atoms. The molecule has 7 aromatic rings. The summed E-state index contributed by atoms with van der Waals surface area (Å²) in [5, 5.41) is 7.16. The summed E-state index contributed by atoms with van der Waals surface area (Å²) in [5.41, 5.74) is 11.1. The van der Waals surface area contributed by atoms with Crippen LogP contribution in [0.5, 0.6) is 11.5 Å². The summed E-state index contributed by atoms with van der Waals surface area (Å²) in [6.07, 6.45) is 10.3. The maximum atomic E-state index is 6.49. The molecule has 0 spiro atoms. The van der Waals surface area contributed by atoms with Crippen molar-refractivity contribution in [3.63, 3.8) is 0 Å². The first kappa shape index (κ1) is 28.6. The highest BCUT2D eigenvalue weighted by atomic mass is 16.5. The van der Waals surface area contributed by atoms with Gasteiger partial charge in [0.1, 0.15) is 17.3 Å². The highest BCUT2D eigenvalue weighted by Crippen LogP contribution is 2.36. The Morgan fingerprint density at radius 1 is 0.733 bits per heavy atom. The summed E-state index contributed by atoms with van der Waals surface area (Å²) in [7, 11) is 0. The van der Waals surface area contributed by atoms with E-state index in [1.807, 2.05) is 47.4 Å². The highest BCUT2D eigenvalue weighted by Gasteiger charge is 2.16. The fraction of sp³-hybridized carbons (Fsp3) is 0.200. The number of fused-ring (bicyclic) bond motifs is 3. The molecule has 224 valence electrons. The van der Waals surface area contributed by atoms with Crippen molar-refractivity contribution in [3.8, 4) is 34.1 Å². The number of para-hydroxylation sites is 1. The van der Waals surface area contributed by atoms with Crippen LogP contribution < -0.4 is 4.74 Å². The SMILES string of the molecule is CCCc1ccc(CC)c(-c2cnn(-c3cccc(Oc4ccc5c6ccccc6n(-c6cc(C)ccn6)c5c4)c3)c2)c1CC. The van der Waals surface area contributed by atoms with E-state index in [1.54, 1.807) is 0 Å². The van der Waals surface area contributed by atoms with Gasteiger partial charge in [0.2, 0.25) is 0 Å². The van der Waals surface area contributed by atoms with Gasteiger partial charge in [-0.1, -0.05) is 63.6 Å². The molecular formula is C40H38N4O. The number of nitrogens with zero attached hydrogens (tertiary/aromatic N) is 4. The van der Waals surface area contributed by atoms with Crippen LogP contribution in [-0.2, 0) is 19.3 Å². The third-order valence-electron chi connectivity index (χ3n) is 8.71. The first-order valence-electron chi connectivity index (χ1n) is 16.0. The Balaban J connectivity index is 1.24. The molecule has 4 aromatic carbocycles. The van der Waals surface area contributed by atoms with Gasteiger partial charge in [0.15, 0.2) is 0 Å². The normalized spacial score (nSPS) is 11.5. The third kappa shape index (κ3) is 5.29. The van der Waals surface area contributed by atoms with Gasteiger partial charge in [-0.2, -0.15) is 5.10 Å². The number of hydrogen-bond acceptors (Lipinski definition) is 3. The lowest BCUT2D eigenvalue weighted by molar-refractivity contribution is 0.483. The van der Waals surface area contributed by atoms with Crippen LogP contribution in [-0.4, -0.2) is 19.3 Å². The van der Waals surface area contributed by atoms with Crippen LogP contribution in [0, 0.1) is 6.92 Å². The number of benzene rings is 4. The molecule has 7 rings (SSSR count). The number of aromatic nitrogens is 4. The Hall–Kier alpha value is -5.16. The smallest absolute Gasteiger partial charge is 0.137 e. The van der Waals surface area contributed by atoms with Gasteiger partial charge in [0.25, 0.3) is 0 Å². The molecule has 0 radical (unpaired) electrons. The van der Waals surface area contributed by atoms with Gasteiger partial charge in [-0.25, -0.2) is 9.67 Å². The van der Waals surface area contributed by atoms with Gasteiger partial charge < -0.3 is 4.74 Å². The quantitative estimate of drug-likeness (QED) is 0.168. The van der Waals surface area contributed by atoms with E-state index in [1.165, 1.54) is 38.6 Å². The van der Waals surface area contributed by atoms with Crippen molar-refractivity contribution in [1.29, 1.82) is 0 Å². The zero-order valence-electron chi connectivity index (χ0n) is 26.4. The first-order valence-corrected chi connectivity index (χ1v) is 16.0. The molecule has 0 aliphatic rings. The molecule has 5 nitrogen and oxygen atoms in total. The predicted octanol–water partition coefficient (Wildman–Crippen LogP) is 10.2. The predicted molar refractivity (Wildman–Crippen MR) is 185 cm³/mol. The molecule has 3 aromatic heterocycles. The number of pyridine rings is 1. The van der Waals surface area contributed by atoms with Crippen LogP contribution in [0.4, 0.5) is 0 Å². The van der Waals surface area contributed by atoms with Crippen molar-refractivity contribution in [1.82, 2.24) is 19.3 Å². The fourth-order valence-electron chi connectivity index (χ4n) is 6.62. The van der Waals surface area contributed by atoms with Gasteiger partial charge >= 0.3 is 0 Å². The molecule has 0 N–H and O–H groups in total. The number of ether oxygens (including phenoxy) is 1. The average molecular weight is 591 g/mol. The lowest BCUT2D eigenvalue weighted by Crippen LogP contribution is -2.00. The van der Waals surface area contributed by atoms with E-state index in [0.717, 1.165) is 65.3 Å². The molecule has 0 aliphatic carbocycles. The number of aryl methyl sites for hydroxylation is 3.